The van der Waals surface area contributed by atoms with Crippen molar-refractivity contribution < 1.29 is 100 Å². The van der Waals surface area contributed by atoms with Crippen LogP contribution in [0, 0.1) is 75.8 Å². The molecule has 0 spiro atoms. The normalized spacial score (nSPS) is 39.8. The van der Waals surface area contributed by atoms with Crippen LogP contribution in [0.1, 0.15) is 25.7 Å². The number of rotatable bonds is 4. The van der Waals surface area contributed by atoms with Gasteiger partial charge in [0.25, 0.3) is 0 Å². The van der Waals surface area contributed by atoms with Gasteiger partial charge in [-0.25, -0.2) is 28.4 Å². The van der Waals surface area contributed by atoms with Crippen molar-refractivity contribution in [3.05, 3.63) is 28.4 Å². The third-order valence-corrected chi connectivity index (χ3v) is 7.01. The van der Waals surface area contributed by atoms with Crippen LogP contribution in [0.4, 0.5) is 0 Å². The molecule has 4 saturated carbocycles. The maximum Gasteiger partial charge on any atom is 0.307 e. The Morgan fingerprint density at radius 2 is 1.33 bits per heavy atom. The zero-order valence-electron chi connectivity index (χ0n) is 15.4. The summed E-state index contributed by atoms with van der Waals surface area (Å²) in [4.78, 5) is 11.8. The first-order valence-corrected chi connectivity index (χ1v) is 8.46. The van der Waals surface area contributed by atoms with Gasteiger partial charge in [-0.1, -0.05) is 0 Å². The van der Waals surface area contributed by atoms with Crippen LogP contribution in [0.5, 0.6) is 0 Å². The van der Waals surface area contributed by atoms with Gasteiger partial charge in [-0.2, -0.15) is 0 Å². The topological polar surface area (TPSA) is 116 Å². The number of carboxylic acids is 1. The molecule has 2 radical (unpaired) electrons. The number of carboxylic acid groups (broad SMARTS) is 1. The van der Waals surface area contributed by atoms with Gasteiger partial charge in [-0.15, -0.1) is 0 Å². The van der Waals surface area contributed by atoms with Crippen molar-refractivity contribution in [1.29, 1.82) is 0 Å². The van der Waals surface area contributed by atoms with Gasteiger partial charge in [0.05, 0.1) is 11.8 Å². The van der Waals surface area contributed by atoms with Gasteiger partial charge in [-0.05, 0) is 61.2 Å². The quantitative estimate of drug-likeness (QED) is 0.248. The van der Waals surface area contributed by atoms with Gasteiger partial charge in [0.2, 0.25) is 5.97 Å². The van der Waals surface area contributed by atoms with Gasteiger partial charge in [-0.3, -0.25) is 4.79 Å². The van der Waals surface area contributed by atoms with E-state index in [9.17, 15) is 15.0 Å². The molecule has 9 heteroatoms. The van der Waals surface area contributed by atoms with E-state index in [0.717, 1.165) is 6.42 Å². The van der Waals surface area contributed by atoms with Crippen molar-refractivity contribution in [1.82, 2.24) is 0 Å². The molecule has 0 aromatic carbocycles. The number of aliphatic carboxylic acids is 1. The van der Waals surface area contributed by atoms with Gasteiger partial charge in [0, 0.05) is 65.4 Å². The van der Waals surface area contributed by atoms with E-state index < -0.39 is 23.8 Å². The summed E-state index contributed by atoms with van der Waals surface area (Å²) < 4.78 is 9.78. The SMILES string of the molecule is [CH2-]O.[CH2-]O.[CH2-]OC(O)(O[CH2-])C1C2CC(C1C(=O)O)C1C3CCC(C3)C21.[Y].[Y]. The van der Waals surface area contributed by atoms with E-state index in [1.807, 2.05) is 0 Å². The van der Waals surface area contributed by atoms with E-state index >= 15 is 0 Å². The summed E-state index contributed by atoms with van der Waals surface area (Å²) in [5.74, 6) is -1.36. The maximum atomic E-state index is 11.8. The molecule has 4 aliphatic carbocycles. The Kier molecular flexibility index (Phi) is 12.4. The Balaban J connectivity index is 0.00000106. The van der Waals surface area contributed by atoms with Crippen LogP contribution >= 0.6 is 0 Å². The fraction of sp³-hybridized carbons (Fsp3) is 0.722. The van der Waals surface area contributed by atoms with Crippen molar-refractivity contribution >= 4 is 5.97 Å². The Labute approximate surface area is 211 Å². The van der Waals surface area contributed by atoms with Crippen molar-refractivity contribution in [3.8, 4) is 0 Å². The summed E-state index contributed by atoms with van der Waals surface area (Å²) in [6, 6.07) is 0. The van der Waals surface area contributed by atoms with E-state index in [4.69, 9.17) is 19.7 Å². The van der Waals surface area contributed by atoms with Crippen LogP contribution in [-0.4, -0.2) is 32.4 Å². The Bertz CT molecular complexity index is 475. The fourth-order valence-electron chi connectivity index (χ4n) is 6.65. The number of carbonyl (C=O) groups is 1. The summed E-state index contributed by atoms with van der Waals surface area (Å²) in [6.45, 7) is 0. The Morgan fingerprint density at radius 3 is 1.74 bits per heavy atom. The maximum absolute atomic E-state index is 11.8. The zero-order chi connectivity index (χ0) is 18.9. The second-order valence-electron chi connectivity index (χ2n) is 7.36. The number of ether oxygens (including phenoxy) is 2. The van der Waals surface area contributed by atoms with Crippen LogP contribution < -0.4 is 0 Å². The van der Waals surface area contributed by atoms with Gasteiger partial charge in [0.15, 0.2) is 0 Å². The fourth-order valence-corrected chi connectivity index (χ4v) is 6.65. The molecule has 8 unspecified atom stereocenters. The Morgan fingerprint density at radius 1 is 0.889 bits per heavy atom. The first-order valence-electron chi connectivity index (χ1n) is 8.46. The second kappa shape index (κ2) is 11.8. The number of hydrogen-bond acceptors (Lipinski definition) is 6. The number of aliphatic hydroxyl groups is 3. The van der Waals surface area contributed by atoms with Crippen molar-refractivity contribution in [2.75, 3.05) is 0 Å². The minimum Gasteiger partial charge on any atom is -0.569 e. The molecular weight excluding hydrogens is 506 g/mol. The molecular formula is C18H28O7Y2-4. The van der Waals surface area contributed by atoms with Crippen LogP contribution in [0.3, 0.4) is 0 Å². The third kappa shape index (κ3) is 4.57. The van der Waals surface area contributed by atoms with Crippen LogP contribution in [-0.2, 0) is 79.7 Å². The molecule has 0 aromatic rings. The van der Waals surface area contributed by atoms with E-state index in [-0.39, 0.29) is 77.3 Å². The Hall–Kier alpha value is 1.48. The average molecular weight is 534 g/mol. The first-order chi connectivity index (χ1) is 12.0. The van der Waals surface area contributed by atoms with Gasteiger partial charge in [0.1, 0.15) is 0 Å². The molecule has 27 heavy (non-hydrogen) atoms. The van der Waals surface area contributed by atoms with Crippen LogP contribution in [0.2, 0.25) is 0 Å². The minimum absolute atomic E-state index is 0. The van der Waals surface area contributed by atoms with Crippen molar-refractivity contribution in [3.63, 3.8) is 0 Å². The molecule has 4 aliphatic rings. The predicted molar refractivity (Wildman–Crippen MR) is 86.4 cm³/mol. The molecule has 4 bridgehead atoms. The number of fused-ring (bicyclic) bond motifs is 9. The van der Waals surface area contributed by atoms with Crippen molar-refractivity contribution in [2.45, 2.75) is 31.7 Å². The molecule has 7 nitrogen and oxygen atoms in total. The summed E-state index contributed by atoms with van der Waals surface area (Å²) in [7, 11) is 11.1. The van der Waals surface area contributed by atoms with E-state index in [0.29, 0.717) is 23.7 Å². The smallest absolute Gasteiger partial charge is 0.307 e. The molecule has 0 heterocycles. The van der Waals surface area contributed by atoms with E-state index in [2.05, 4.69) is 28.4 Å². The molecule has 8 atom stereocenters. The molecule has 4 fully saturated rings. The van der Waals surface area contributed by atoms with Crippen molar-refractivity contribution in [2.24, 2.45) is 47.3 Å². The van der Waals surface area contributed by atoms with Crippen LogP contribution in [0.25, 0.3) is 0 Å². The largest absolute Gasteiger partial charge is 0.569 e. The monoisotopic (exact) mass is 534 g/mol. The summed E-state index contributed by atoms with van der Waals surface area (Å²) in [5.41, 5.74) is 0. The predicted octanol–water partition coefficient (Wildman–Crippen LogP) is 2.17. The van der Waals surface area contributed by atoms with Gasteiger partial charge >= 0.3 is 5.97 Å². The van der Waals surface area contributed by atoms with Gasteiger partial charge < -0.3 is 29.9 Å². The van der Waals surface area contributed by atoms with E-state index in [1.165, 1.54) is 19.3 Å². The summed E-state index contributed by atoms with van der Waals surface area (Å²) in [5, 5.41) is 33.7. The third-order valence-electron chi connectivity index (χ3n) is 7.01. The average Bonchev–Trinajstić information content (AvgIpc) is 3.41. The molecule has 4 rings (SSSR count). The minimum atomic E-state index is -1.99. The molecule has 0 aromatic heterocycles. The second-order valence-corrected chi connectivity index (χ2v) is 7.36. The van der Waals surface area contributed by atoms with E-state index in [1.54, 1.807) is 0 Å². The molecule has 0 aliphatic heterocycles. The number of hydrogen-bond donors (Lipinski definition) is 4. The standard InChI is InChI=1S/C16H22O5.2CH3O.2Y/c1-20-16(19,21-2)14-10-6-9(13(14)15(17)18)11-7-3-4-8(5-7)12(10)11;2*1-2;;/h7-14,19H,1-6H2,(H,17,18);2*2H,1H2;;/q-2;2*-1;;. The number of aliphatic hydroxyl groups excluding tert-OH is 2. The zero-order valence-corrected chi connectivity index (χ0v) is 21.1. The summed E-state index contributed by atoms with van der Waals surface area (Å²) >= 11 is 0. The van der Waals surface area contributed by atoms with Crippen LogP contribution in [0.15, 0.2) is 0 Å². The molecule has 152 valence electrons. The molecule has 0 amide bonds. The summed E-state index contributed by atoms with van der Waals surface area (Å²) in [6.07, 6.45) is 4.58. The molecule has 0 saturated heterocycles. The first kappa shape index (κ1) is 28.5. The molecule has 4 N–H and O–H groups in total.